The van der Waals surface area contributed by atoms with Gasteiger partial charge >= 0.3 is 0 Å². The molecular formula is C11H38N2O2. The van der Waals surface area contributed by atoms with E-state index in [0.717, 1.165) is 12.2 Å². The van der Waals surface area contributed by atoms with Gasteiger partial charge in [0.25, 0.3) is 0 Å². The van der Waals surface area contributed by atoms with Crippen LogP contribution in [-0.4, -0.2) is 12.2 Å². The lowest BCUT2D eigenvalue weighted by Gasteiger charge is -1.02. The van der Waals surface area contributed by atoms with E-state index in [-0.39, 0.29) is 66.8 Å². The molecule has 0 fully saturated rings. The first-order valence-electron chi connectivity index (χ1n) is 0.908. The first-order chi connectivity index (χ1) is 2.83. The predicted molar refractivity (Wildman–Crippen MR) is 77.4 cm³/mol. The lowest BCUT2D eigenvalue weighted by molar-refractivity contribution is 0.562. The van der Waals surface area contributed by atoms with Gasteiger partial charge < -0.3 is 0 Å². The van der Waals surface area contributed by atoms with E-state index < -0.39 is 0 Å². The second-order valence-corrected chi connectivity index (χ2v) is 0.204. The molecule has 0 aromatic heterocycles. The highest BCUT2D eigenvalue weighted by Gasteiger charge is 1.04. The highest BCUT2D eigenvalue weighted by atomic mass is 16.1. The Morgan fingerprint density at radius 1 is 0.467 bits per heavy atom. The molecule has 0 saturated carbocycles. The van der Waals surface area contributed by atoms with Crippen LogP contribution in [0.2, 0.25) is 0 Å². The molecule has 15 heavy (non-hydrogen) atoms. The van der Waals surface area contributed by atoms with Gasteiger partial charge in [-0.25, -0.2) is 20.4 Å². The minimum Gasteiger partial charge on any atom is -0.222 e. The molecule has 0 amide bonds. The number of hydrogen-bond donors (Lipinski definition) is 2. The highest BCUT2D eigenvalue weighted by molar-refractivity contribution is 5.26. The number of hydrogen-bond acceptors (Lipinski definition) is 4. The number of carbonyl (C=O) groups excluding carboxylic acids is 2. The average Bonchev–Trinajstić information content (AvgIpc) is 1.39. The van der Waals surface area contributed by atoms with Gasteiger partial charge in [0.15, 0.2) is 0 Å². The molecule has 0 unspecified atom stereocenters. The van der Waals surface area contributed by atoms with Crippen molar-refractivity contribution >= 4 is 12.2 Å². The summed E-state index contributed by atoms with van der Waals surface area (Å²) in [6.07, 6.45) is 1.50. The first kappa shape index (κ1) is 294. The second-order valence-electron chi connectivity index (χ2n) is 0.204. The molecule has 0 bridgehead atoms. The summed E-state index contributed by atoms with van der Waals surface area (Å²) >= 11 is 0. The van der Waals surface area contributed by atoms with Crippen LogP contribution in [0.4, 0.5) is 0 Å². The van der Waals surface area contributed by atoms with Gasteiger partial charge in [-0.05, 0) is 0 Å². The monoisotopic (exact) mass is 230 g/mol. The van der Waals surface area contributed by atoms with E-state index in [4.69, 9.17) is 20.4 Å². The van der Waals surface area contributed by atoms with E-state index in [1.54, 1.807) is 0 Å². The summed E-state index contributed by atoms with van der Waals surface area (Å²) in [6.45, 7) is 0. The summed E-state index contributed by atoms with van der Waals surface area (Å²) in [5.41, 5.74) is 0. The van der Waals surface area contributed by atoms with Gasteiger partial charge in [-0.1, -0.05) is 66.8 Å². The fourth-order valence-corrected chi connectivity index (χ4v) is 0. The Bertz CT molecular complexity index is 70.6. The van der Waals surface area contributed by atoms with Gasteiger partial charge in [0.1, 0.15) is 0 Å². The molecule has 4 heteroatoms. The van der Waals surface area contributed by atoms with Crippen LogP contribution in [0.5, 0.6) is 0 Å². The molecule has 4 nitrogen and oxygen atoms in total. The van der Waals surface area contributed by atoms with Crippen LogP contribution in [0, 0.1) is 10.8 Å². The third-order valence-corrected chi connectivity index (χ3v) is 0. The lowest BCUT2D eigenvalue weighted by Crippen LogP contribution is -1.16. The second kappa shape index (κ2) is 3060. The maximum atomic E-state index is 8.35. The maximum Gasteiger partial charge on any atom is 0.231 e. The molecule has 0 atom stereocenters. The van der Waals surface area contributed by atoms with Gasteiger partial charge in [0, 0.05) is 0 Å². The van der Waals surface area contributed by atoms with Gasteiger partial charge in [-0.2, -0.15) is 0 Å². The summed E-state index contributed by atoms with van der Waals surface area (Å²) in [7, 11) is 0. The Balaban J connectivity index is -0.00000000148. The van der Waals surface area contributed by atoms with E-state index in [2.05, 4.69) is 0 Å². The molecule has 0 aliphatic rings. The molecular weight excluding hydrogens is 192 g/mol. The van der Waals surface area contributed by atoms with Crippen molar-refractivity contribution in [2.75, 3.05) is 0 Å². The molecule has 0 radical (unpaired) electrons. The number of isocyanates is 2. The normalized spacial score (nSPS) is 1.07. The van der Waals surface area contributed by atoms with Gasteiger partial charge in [-0.3, -0.25) is 0 Å². The maximum absolute atomic E-state index is 8.35. The molecule has 0 rings (SSSR count). The average molecular weight is 230 g/mol. The Morgan fingerprint density at radius 3 is 0.467 bits per heavy atom. The van der Waals surface area contributed by atoms with Gasteiger partial charge in [0.2, 0.25) is 12.2 Å². The molecule has 0 heterocycles. The van der Waals surface area contributed by atoms with E-state index in [1.807, 2.05) is 0 Å². The van der Waals surface area contributed by atoms with Crippen molar-refractivity contribution in [2.24, 2.45) is 0 Å². The first-order valence-corrected chi connectivity index (χ1v) is 0.908. The smallest absolute Gasteiger partial charge is 0.222 e. The van der Waals surface area contributed by atoms with Crippen molar-refractivity contribution < 1.29 is 9.59 Å². The highest BCUT2D eigenvalue weighted by Crippen LogP contribution is 0.871. The Hall–Kier alpha value is -1.24. The molecule has 0 aromatic rings. The van der Waals surface area contributed by atoms with E-state index in [1.165, 1.54) is 0 Å². The summed E-state index contributed by atoms with van der Waals surface area (Å²) in [6, 6.07) is 0. The quantitative estimate of drug-likeness (QED) is 0.424. The lowest BCUT2D eigenvalue weighted by atomic mass is 11.7. The molecule has 0 aromatic carbocycles. The molecule has 0 spiro atoms. The Labute approximate surface area is 100 Å². The van der Waals surface area contributed by atoms with Gasteiger partial charge in [-0.15, -0.1) is 0 Å². The van der Waals surface area contributed by atoms with Crippen LogP contribution in [-0.2, 0) is 9.59 Å². The molecule has 2 N–H and O–H groups in total. The van der Waals surface area contributed by atoms with Crippen LogP contribution >= 0.6 is 0 Å². The third kappa shape index (κ3) is 961. The summed E-state index contributed by atoms with van der Waals surface area (Å²) in [5, 5.41) is 10.8. The largest absolute Gasteiger partial charge is 0.231 e. The summed E-state index contributed by atoms with van der Waals surface area (Å²) < 4.78 is 0. The van der Waals surface area contributed by atoms with Crippen molar-refractivity contribution in [2.45, 2.75) is 66.8 Å². The van der Waals surface area contributed by atoms with E-state index in [9.17, 15) is 0 Å². The van der Waals surface area contributed by atoms with Crippen molar-refractivity contribution in [1.82, 2.24) is 0 Å². The number of rotatable bonds is 0. The zero-order valence-corrected chi connectivity index (χ0v) is 2.82. The van der Waals surface area contributed by atoms with Crippen molar-refractivity contribution in [3.8, 4) is 0 Å². The third-order valence-electron chi connectivity index (χ3n) is 0. The van der Waals surface area contributed by atoms with Crippen molar-refractivity contribution in [1.29, 1.82) is 10.8 Å². The fraction of sp³-hybridized carbons (Fsp3) is 0.818. The fourth-order valence-electron chi connectivity index (χ4n) is 0. The molecule has 0 saturated heterocycles. The summed E-state index contributed by atoms with van der Waals surface area (Å²) in [4.78, 5) is 16.7. The minimum absolute atomic E-state index is 0. The van der Waals surface area contributed by atoms with Crippen LogP contribution in [0.1, 0.15) is 66.8 Å². The number of nitrogens with one attached hydrogen (secondary N) is 2. The topological polar surface area (TPSA) is 81.8 Å². The zero-order chi connectivity index (χ0) is 5.41. The van der Waals surface area contributed by atoms with Crippen LogP contribution < -0.4 is 0 Å². The Morgan fingerprint density at radius 2 is 0.467 bits per heavy atom. The van der Waals surface area contributed by atoms with Gasteiger partial charge in [0.05, 0.1) is 0 Å². The van der Waals surface area contributed by atoms with E-state index in [0.29, 0.717) is 0 Å². The van der Waals surface area contributed by atoms with Crippen molar-refractivity contribution in [3.63, 3.8) is 0 Å². The predicted octanol–water partition coefficient (Wildman–Crippen LogP) is 5.53. The van der Waals surface area contributed by atoms with Crippen LogP contribution in [0.25, 0.3) is 0 Å². The molecule has 0 aliphatic heterocycles. The van der Waals surface area contributed by atoms with E-state index >= 15 is 0 Å². The minimum atomic E-state index is 0. The summed E-state index contributed by atoms with van der Waals surface area (Å²) in [5.74, 6) is 0. The molecule has 104 valence electrons. The Kier molecular flexibility index (Phi) is 59900. The van der Waals surface area contributed by atoms with Crippen LogP contribution in [0.3, 0.4) is 0 Å². The molecule has 0 aliphatic carbocycles. The SMILES string of the molecule is C.C.C.C.C.C.C.C.C.N=C=O.N=C=O. The zero-order valence-electron chi connectivity index (χ0n) is 2.82. The standard InChI is InChI=1S/2CHNO.9CH4/c2*2-1-3;;;;;;;;;/h2*2H;9*1H4. The van der Waals surface area contributed by atoms with Crippen molar-refractivity contribution in [3.05, 3.63) is 0 Å². The van der Waals surface area contributed by atoms with Crippen LogP contribution in [0.15, 0.2) is 0 Å².